The molecule has 0 aromatic carbocycles. The maximum Gasteiger partial charge on any atom is 0.159 e. The molecule has 31 heavy (non-hydrogen) atoms. The lowest BCUT2D eigenvalue weighted by molar-refractivity contribution is -0.131. The molecule has 0 bridgehead atoms. The Morgan fingerprint density at radius 1 is 1.10 bits per heavy atom. The van der Waals surface area contributed by atoms with Crippen LogP contribution in [0.25, 0.3) is 0 Å². The second-order valence-electron chi connectivity index (χ2n) is 12.1. The number of fused-ring (bicyclic) bond motifs is 5. The van der Waals surface area contributed by atoms with E-state index in [0.717, 1.165) is 23.8 Å². The largest absolute Gasteiger partial charge is 0.295 e. The van der Waals surface area contributed by atoms with Gasteiger partial charge in [-0.25, -0.2) is 0 Å². The second-order valence-corrected chi connectivity index (χ2v) is 12.1. The van der Waals surface area contributed by atoms with Crippen molar-refractivity contribution < 1.29 is 9.59 Å². The molecule has 7 atom stereocenters. The van der Waals surface area contributed by atoms with Crippen molar-refractivity contribution in [1.82, 2.24) is 0 Å². The van der Waals surface area contributed by atoms with Crippen LogP contribution in [0, 0.1) is 40.4 Å². The summed E-state index contributed by atoms with van der Waals surface area (Å²) in [5.41, 5.74) is 4.37. The van der Waals surface area contributed by atoms with Gasteiger partial charge in [0.15, 0.2) is 11.6 Å². The van der Waals surface area contributed by atoms with Gasteiger partial charge in [0, 0.05) is 18.4 Å². The highest BCUT2D eigenvalue weighted by molar-refractivity contribution is 6.05. The first kappa shape index (κ1) is 23.0. The van der Waals surface area contributed by atoms with E-state index >= 15 is 0 Å². The molecule has 0 aliphatic heterocycles. The van der Waals surface area contributed by atoms with Gasteiger partial charge >= 0.3 is 0 Å². The molecule has 3 saturated carbocycles. The smallest absolute Gasteiger partial charge is 0.159 e. The minimum absolute atomic E-state index is 0.0571. The van der Waals surface area contributed by atoms with Gasteiger partial charge in [-0.05, 0) is 112 Å². The average molecular weight is 425 g/mol. The van der Waals surface area contributed by atoms with Crippen molar-refractivity contribution in [3.8, 4) is 0 Å². The van der Waals surface area contributed by atoms with Gasteiger partial charge in [-0.1, -0.05) is 38.8 Å². The van der Waals surface area contributed by atoms with Crippen LogP contribution < -0.4 is 0 Å². The molecule has 7 unspecified atom stereocenters. The molecule has 0 radical (unpaired) electrons. The summed E-state index contributed by atoms with van der Waals surface area (Å²) in [4.78, 5) is 25.2. The summed E-state index contributed by atoms with van der Waals surface area (Å²) >= 11 is 0. The van der Waals surface area contributed by atoms with Gasteiger partial charge in [0.25, 0.3) is 0 Å². The number of rotatable bonds is 5. The van der Waals surface area contributed by atoms with Crippen LogP contribution in [-0.2, 0) is 9.59 Å². The molecule has 4 aliphatic rings. The van der Waals surface area contributed by atoms with Crippen LogP contribution in [0.15, 0.2) is 22.8 Å². The van der Waals surface area contributed by atoms with Crippen molar-refractivity contribution in [2.75, 3.05) is 0 Å². The summed E-state index contributed by atoms with van der Waals surface area (Å²) in [7, 11) is 0. The molecule has 0 N–H and O–H groups in total. The Balaban J connectivity index is 1.54. The number of carbonyl (C=O) groups is 2. The third-order valence-corrected chi connectivity index (χ3v) is 10.6. The predicted octanol–water partition coefficient (Wildman–Crippen LogP) is 7.48. The third kappa shape index (κ3) is 3.70. The number of carbonyl (C=O) groups excluding carboxylic acids is 2. The van der Waals surface area contributed by atoms with E-state index in [4.69, 9.17) is 0 Å². The zero-order chi connectivity index (χ0) is 22.6. The molecule has 4 rings (SSSR count). The Hall–Kier alpha value is -1.18. The van der Waals surface area contributed by atoms with Gasteiger partial charge in [0.2, 0.25) is 0 Å². The zero-order valence-corrected chi connectivity index (χ0v) is 20.9. The van der Waals surface area contributed by atoms with Crippen molar-refractivity contribution in [2.45, 2.75) is 106 Å². The Morgan fingerprint density at radius 2 is 1.84 bits per heavy atom. The zero-order valence-electron chi connectivity index (χ0n) is 20.9. The van der Waals surface area contributed by atoms with Gasteiger partial charge in [-0.15, -0.1) is 0 Å². The summed E-state index contributed by atoms with van der Waals surface area (Å²) in [5, 5.41) is 0. The van der Waals surface area contributed by atoms with Crippen LogP contribution in [0.5, 0.6) is 0 Å². The second kappa shape index (κ2) is 8.31. The van der Waals surface area contributed by atoms with E-state index in [9.17, 15) is 9.59 Å². The van der Waals surface area contributed by atoms with Gasteiger partial charge in [0.05, 0.1) is 0 Å². The summed E-state index contributed by atoms with van der Waals surface area (Å²) < 4.78 is 0. The number of hydrogen-bond acceptors (Lipinski definition) is 2. The summed E-state index contributed by atoms with van der Waals surface area (Å²) in [6, 6.07) is 0. The minimum Gasteiger partial charge on any atom is -0.295 e. The Kier molecular flexibility index (Phi) is 6.16. The van der Waals surface area contributed by atoms with Gasteiger partial charge in [-0.3, -0.25) is 9.59 Å². The normalized spacial score (nSPS) is 40.5. The summed E-state index contributed by atoms with van der Waals surface area (Å²) in [5.74, 6) is 3.81. The van der Waals surface area contributed by atoms with E-state index in [-0.39, 0.29) is 17.0 Å². The van der Waals surface area contributed by atoms with Crippen LogP contribution in [0.4, 0.5) is 0 Å². The Morgan fingerprint density at radius 3 is 2.52 bits per heavy atom. The van der Waals surface area contributed by atoms with Crippen LogP contribution in [0.3, 0.4) is 0 Å². The molecule has 172 valence electrons. The first-order chi connectivity index (χ1) is 14.6. The molecule has 0 aromatic rings. The lowest BCUT2D eigenvalue weighted by Crippen LogP contribution is -2.53. The molecule has 3 fully saturated rings. The molecule has 0 spiro atoms. The number of hydrogen-bond donors (Lipinski definition) is 0. The van der Waals surface area contributed by atoms with Crippen molar-refractivity contribution in [3.63, 3.8) is 0 Å². The van der Waals surface area contributed by atoms with Crippen molar-refractivity contribution >= 4 is 11.6 Å². The SMILES string of the molecule is CCC(CCC(C)C1CCC2C3CC(=O)C4=CC(=O)CCC4(C)C3CCC12C)=C(C)C. The molecule has 0 heterocycles. The monoisotopic (exact) mass is 424 g/mol. The van der Waals surface area contributed by atoms with Crippen LogP contribution in [-0.4, -0.2) is 11.6 Å². The fourth-order valence-corrected chi connectivity index (χ4v) is 8.75. The molecule has 0 amide bonds. The molecule has 2 nitrogen and oxygen atoms in total. The van der Waals surface area contributed by atoms with Crippen molar-refractivity contribution in [2.24, 2.45) is 40.4 Å². The van der Waals surface area contributed by atoms with E-state index in [1.807, 2.05) is 0 Å². The lowest BCUT2D eigenvalue weighted by Gasteiger charge is -2.57. The van der Waals surface area contributed by atoms with E-state index < -0.39 is 0 Å². The summed E-state index contributed by atoms with van der Waals surface area (Å²) in [6.45, 7) is 14.2. The third-order valence-electron chi connectivity index (χ3n) is 10.6. The first-order valence-corrected chi connectivity index (χ1v) is 13.0. The molecular formula is C29H44O2. The van der Waals surface area contributed by atoms with Crippen LogP contribution in [0.1, 0.15) is 106 Å². The van der Waals surface area contributed by atoms with Crippen LogP contribution >= 0.6 is 0 Å². The van der Waals surface area contributed by atoms with E-state index in [1.165, 1.54) is 50.5 Å². The van der Waals surface area contributed by atoms with Crippen molar-refractivity contribution in [3.05, 3.63) is 22.8 Å². The predicted molar refractivity (Wildman–Crippen MR) is 128 cm³/mol. The van der Waals surface area contributed by atoms with E-state index in [1.54, 1.807) is 11.6 Å². The van der Waals surface area contributed by atoms with Gasteiger partial charge in [-0.2, -0.15) is 0 Å². The van der Waals surface area contributed by atoms with Crippen LogP contribution in [0.2, 0.25) is 0 Å². The fraction of sp³-hybridized carbons (Fsp3) is 0.793. The average Bonchev–Trinajstić information content (AvgIpc) is 3.07. The molecule has 0 aromatic heterocycles. The van der Waals surface area contributed by atoms with Gasteiger partial charge < -0.3 is 0 Å². The quantitative estimate of drug-likeness (QED) is 0.429. The standard InChI is InChI=1S/C29H44O2/c1-7-20(18(2)3)9-8-19(4)23-10-11-24-22-17-27(31)26-16-21(30)12-14-29(26,6)25(22)13-15-28(23,24)5/h16,19,22-25H,7-15,17H2,1-6H3. The highest BCUT2D eigenvalue weighted by Gasteiger charge is 2.60. The highest BCUT2D eigenvalue weighted by Crippen LogP contribution is 2.67. The van der Waals surface area contributed by atoms with E-state index in [2.05, 4.69) is 41.5 Å². The molecular weight excluding hydrogens is 380 g/mol. The maximum absolute atomic E-state index is 13.2. The number of Topliss-reactive ketones (excluding diaryl/α,β-unsaturated/α-hetero) is 1. The lowest BCUT2D eigenvalue weighted by atomic mass is 9.46. The first-order valence-electron chi connectivity index (χ1n) is 13.0. The number of allylic oxidation sites excluding steroid dienone is 3. The van der Waals surface area contributed by atoms with Crippen molar-refractivity contribution in [1.29, 1.82) is 0 Å². The molecule has 4 aliphatic carbocycles. The number of ketones is 2. The molecule has 2 heteroatoms. The van der Waals surface area contributed by atoms with E-state index in [0.29, 0.717) is 36.0 Å². The topological polar surface area (TPSA) is 34.1 Å². The highest BCUT2D eigenvalue weighted by atomic mass is 16.1. The summed E-state index contributed by atoms with van der Waals surface area (Å²) in [6.07, 6.45) is 12.9. The fourth-order valence-electron chi connectivity index (χ4n) is 8.75. The Labute approximate surface area is 190 Å². The minimum atomic E-state index is -0.0571. The molecule has 0 saturated heterocycles. The van der Waals surface area contributed by atoms with Gasteiger partial charge in [0.1, 0.15) is 0 Å². The maximum atomic E-state index is 13.2. The Bertz CT molecular complexity index is 813.